The van der Waals surface area contributed by atoms with Gasteiger partial charge in [0.15, 0.2) is 0 Å². The Morgan fingerprint density at radius 2 is 2.06 bits per heavy atom. The molecule has 0 aliphatic heterocycles. The Balaban J connectivity index is 1.82. The molecule has 0 amide bonds. The summed E-state index contributed by atoms with van der Waals surface area (Å²) in [5.74, 6) is -0.467. The minimum absolute atomic E-state index is 0.00291. The van der Waals surface area contributed by atoms with Gasteiger partial charge in [0, 0.05) is 37.6 Å². The summed E-state index contributed by atoms with van der Waals surface area (Å²) in [4.78, 5) is 31.0. The van der Waals surface area contributed by atoms with Crippen LogP contribution in [0.3, 0.4) is 0 Å². The molecule has 0 fully saturated rings. The number of nitrogens with one attached hydrogen (secondary N) is 1. The van der Waals surface area contributed by atoms with Gasteiger partial charge in [0.25, 0.3) is 11.1 Å². The Hall–Kier alpha value is -3.75. The first-order valence-corrected chi connectivity index (χ1v) is 11.0. The van der Waals surface area contributed by atoms with E-state index in [-0.39, 0.29) is 40.7 Å². The highest BCUT2D eigenvalue weighted by Crippen LogP contribution is 2.32. The molecule has 1 aromatic carbocycles. The van der Waals surface area contributed by atoms with Crippen molar-refractivity contribution < 1.29 is 9.13 Å². The number of pyridine rings is 2. The fourth-order valence-electron chi connectivity index (χ4n) is 4.17. The van der Waals surface area contributed by atoms with Gasteiger partial charge in [-0.1, -0.05) is 42.0 Å². The van der Waals surface area contributed by atoms with E-state index < -0.39 is 17.5 Å². The van der Waals surface area contributed by atoms with Gasteiger partial charge in [-0.25, -0.2) is 9.07 Å². The Morgan fingerprint density at radius 3 is 2.76 bits per heavy atom. The molecule has 1 unspecified atom stereocenters. The molecule has 1 aliphatic rings. The van der Waals surface area contributed by atoms with Crippen LogP contribution in [0.2, 0.25) is 5.02 Å². The highest BCUT2D eigenvalue weighted by atomic mass is 35.5. The van der Waals surface area contributed by atoms with Crippen LogP contribution in [0.4, 0.5) is 4.39 Å². The number of hydrogen-bond acceptors (Lipinski definition) is 4. The molecule has 3 heterocycles. The molecule has 9 heteroatoms. The monoisotopic (exact) mass is 478 g/mol. The number of para-hydroxylation sites is 1. The van der Waals surface area contributed by atoms with Crippen molar-refractivity contribution in [2.45, 2.75) is 19.1 Å². The van der Waals surface area contributed by atoms with Crippen molar-refractivity contribution >= 4 is 28.1 Å². The maximum absolute atomic E-state index is 15.4. The van der Waals surface area contributed by atoms with E-state index in [2.05, 4.69) is 10.1 Å². The van der Waals surface area contributed by atoms with Crippen LogP contribution in [0.15, 0.2) is 82.4 Å². The fraction of sp³-hybridized carbons (Fsp3) is 0.160. The van der Waals surface area contributed by atoms with E-state index in [1.807, 2.05) is 6.07 Å². The van der Waals surface area contributed by atoms with Crippen LogP contribution in [-0.2, 0) is 11.3 Å². The standard InChI is InChI=1S/C25H20ClFN4O3/c1-34-16-8-9-17(19(27)11-16)24-23-20(12-22(32)30(24)14-15-5-4-10-28-13-15)29-31(25(23)33)21-7-3-2-6-18(21)26/h2-10,12-13,16,29H,11,14H2,1H3. The van der Waals surface area contributed by atoms with Crippen LogP contribution in [0, 0.1) is 0 Å². The Kier molecular flexibility index (Phi) is 5.77. The van der Waals surface area contributed by atoms with Crippen LogP contribution < -0.4 is 11.1 Å². The van der Waals surface area contributed by atoms with Crippen molar-refractivity contribution in [1.82, 2.24) is 19.3 Å². The van der Waals surface area contributed by atoms with E-state index in [9.17, 15) is 9.59 Å². The zero-order chi connectivity index (χ0) is 23.8. The second kappa shape index (κ2) is 8.89. The molecule has 1 atom stereocenters. The van der Waals surface area contributed by atoms with Gasteiger partial charge >= 0.3 is 0 Å². The number of benzene rings is 1. The van der Waals surface area contributed by atoms with Gasteiger partial charge in [0.1, 0.15) is 5.83 Å². The summed E-state index contributed by atoms with van der Waals surface area (Å²) < 4.78 is 23.3. The third-order valence-electron chi connectivity index (χ3n) is 5.82. The summed E-state index contributed by atoms with van der Waals surface area (Å²) in [5.41, 5.74) is 0.986. The summed E-state index contributed by atoms with van der Waals surface area (Å²) in [6.45, 7) is 0.118. The molecule has 0 bridgehead atoms. The highest BCUT2D eigenvalue weighted by molar-refractivity contribution is 6.32. The number of hydrogen-bond donors (Lipinski definition) is 1. The Morgan fingerprint density at radius 1 is 1.24 bits per heavy atom. The Labute approximate surface area is 198 Å². The van der Waals surface area contributed by atoms with E-state index in [1.165, 1.54) is 22.4 Å². The minimum Gasteiger partial charge on any atom is -0.377 e. The number of rotatable bonds is 5. The average Bonchev–Trinajstić information content (AvgIpc) is 3.16. The predicted octanol–water partition coefficient (Wildman–Crippen LogP) is 4.23. The maximum Gasteiger partial charge on any atom is 0.281 e. The van der Waals surface area contributed by atoms with Crippen molar-refractivity contribution in [1.29, 1.82) is 0 Å². The maximum atomic E-state index is 15.4. The van der Waals surface area contributed by atoms with E-state index in [1.54, 1.807) is 54.9 Å². The molecule has 4 aromatic rings. The molecule has 1 aliphatic carbocycles. The van der Waals surface area contributed by atoms with Gasteiger partial charge in [-0.15, -0.1) is 0 Å². The van der Waals surface area contributed by atoms with Gasteiger partial charge in [-0.3, -0.25) is 19.7 Å². The Bertz CT molecular complexity index is 1570. The SMILES string of the molecule is COC1C=CC(c2c3c(=O)n(-c4ccccc4Cl)[nH]c3cc(=O)n2Cc2cccnc2)=C(F)C1. The number of halogens is 2. The summed E-state index contributed by atoms with van der Waals surface area (Å²) in [5, 5.41) is 3.51. The smallest absolute Gasteiger partial charge is 0.281 e. The lowest BCUT2D eigenvalue weighted by Crippen LogP contribution is -2.26. The number of allylic oxidation sites excluding steroid dienone is 2. The number of H-pyrrole nitrogens is 1. The first-order chi connectivity index (χ1) is 16.5. The van der Waals surface area contributed by atoms with Crippen molar-refractivity contribution in [3.63, 3.8) is 0 Å². The van der Waals surface area contributed by atoms with Gasteiger partial charge in [0.05, 0.1) is 40.0 Å². The van der Waals surface area contributed by atoms with Gasteiger partial charge < -0.3 is 9.30 Å². The van der Waals surface area contributed by atoms with Gasteiger partial charge in [-0.05, 0) is 23.8 Å². The lowest BCUT2D eigenvalue weighted by Gasteiger charge is -2.20. The van der Waals surface area contributed by atoms with Crippen LogP contribution in [0.5, 0.6) is 0 Å². The van der Waals surface area contributed by atoms with Crippen molar-refractivity contribution in [2.75, 3.05) is 7.11 Å². The minimum atomic E-state index is -0.467. The van der Waals surface area contributed by atoms with Crippen LogP contribution in [0.25, 0.3) is 22.2 Å². The predicted molar refractivity (Wildman–Crippen MR) is 129 cm³/mol. The first kappa shape index (κ1) is 22.1. The van der Waals surface area contributed by atoms with E-state index in [0.29, 0.717) is 10.7 Å². The van der Waals surface area contributed by atoms with Crippen molar-refractivity contribution in [3.8, 4) is 5.69 Å². The topological polar surface area (TPSA) is 81.9 Å². The van der Waals surface area contributed by atoms with Crippen LogP contribution >= 0.6 is 11.6 Å². The number of aromatic nitrogens is 4. The largest absolute Gasteiger partial charge is 0.377 e. The normalized spacial score (nSPS) is 15.9. The number of aromatic amines is 1. The summed E-state index contributed by atoms with van der Waals surface area (Å²) in [7, 11) is 1.50. The summed E-state index contributed by atoms with van der Waals surface area (Å²) in [6.07, 6.45) is 6.11. The third kappa shape index (κ3) is 3.81. The zero-order valence-corrected chi connectivity index (χ0v) is 18.9. The summed E-state index contributed by atoms with van der Waals surface area (Å²) >= 11 is 6.32. The van der Waals surface area contributed by atoms with Crippen LogP contribution in [0.1, 0.15) is 17.7 Å². The molecule has 172 valence electrons. The number of fused-ring (bicyclic) bond motifs is 1. The zero-order valence-electron chi connectivity index (χ0n) is 18.2. The van der Waals surface area contributed by atoms with Crippen LogP contribution in [-0.4, -0.2) is 32.5 Å². The molecule has 34 heavy (non-hydrogen) atoms. The molecular weight excluding hydrogens is 459 g/mol. The van der Waals surface area contributed by atoms with E-state index in [0.717, 1.165) is 5.56 Å². The fourth-order valence-corrected chi connectivity index (χ4v) is 4.39. The molecule has 7 nitrogen and oxygen atoms in total. The number of methoxy groups -OCH3 is 1. The quantitative estimate of drug-likeness (QED) is 0.465. The second-order valence-corrected chi connectivity index (χ2v) is 8.33. The number of ether oxygens (including phenoxy) is 1. The highest BCUT2D eigenvalue weighted by Gasteiger charge is 2.25. The molecule has 0 saturated carbocycles. The molecule has 1 N–H and O–H groups in total. The van der Waals surface area contributed by atoms with E-state index >= 15 is 4.39 Å². The molecule has 0 saturated heterocycles. The summed E-state index contributed by atoms with van der Waals surface area (Å²) in [6, 6.07) is 11.8. The molecular formula is C25H20ClFN4O3. The molecule has 3 aromatic heterocycles. The lowest BCUT2D eigenvalue weighted by molar-refractivity contribution is 0.135. The number of nitrogens with zero attached hydrogens (tertiary/aromatic N) is 3. The average molecular weight is 479 g/mol. The van der Waals surface area contributed by atoms with Gasteiger partial charge in [0.2, 0.25) is 0 Å². The lowest BCUT2D eigenvalue weighted by atomic mass is 9.98. The second-order valence-electron chi connectivity index (χ2n) is 7.93. The molecule has 5 rings (SSSR count). The third-order valence-corrected chi connectivity index (χ3v) is 6.14. The van der Waals surface area contributed by atoms with Crippen molar-refractivity contribution in [3.05, 3.63) is 110 Å². The van der Waals surface area contributed by atoms with Crippen molar-refractivity contribution in [2.24, 2.45) is 0 Å². The first-order valence-electron chi connectivity index (χ1n) is 10.6. The van der Waals surface area contributed by atoms with E-state index in [4.69, 9.17) is 16.3 Å². The van der Waals surface area contributed by atoms with Gasteiger partial charge in [-0.2, -0.15) is 0 Å². The molecule has 0 radical (unpaired) electrons. The molecule has 0 spiro atoms.